The number of aryl methyl sites for hydroxylation is 1. The number of carbonyl (C=O) groups excluding carboxylic acids is 1. The highest BCUT2D eigenvalue weighted by Crippen LogP contribution is 2.31. The van der Waals surface area contributed by atoms with Crippen LogP contribution in [-0.4, -0.2) is 22.4 Å². The summed E-state index contributed by atoms with van der Waals surface area (Å²) in [6.45, 7) is 2.73. The van der Waals surface area contributed by atoms with Crippen LogP contribution in [0.15, 0.2) is 48.5 Å². The van der Waals surface area contributed by atoms with Crippen LogP contribution in [0, 0.1) is 6.92 Å². The summed E-state index contributed by atoms with van der Waals surface area (Å²) in [7, 11) is 0. The maximum absolute atomic E-state index is 12.4. The molecule has 4 nitrogen and oxygen atoms in total. The Balaban J connectivity index is 1.64. The van der Waals surface area contributed by atoms with Gasteiger partial charge in [-0.3, -0.25) is 4.79 Å². The SMILES string of the molecule is Cc1cccc(N2C[C@H](c3nc4ccccc4[nH]3)CC2=O)c1. The van der Waals surface area contributed by atoms with Crippen LogP contribution < -0.4 is 4.90 Å². The Kier molecular flexibility index (Phi) is 2.96. The van der Waals surface area contributed by atoms with Crippen molar-refractivity contribution in [3.8, 4) is 0 Å². The first kappa shape index (κ1) is 13.1. The third-order valence-electron chi connectivity index (χ3n) is 4.23. The molecule has 0 spiro atoms. The summed E-state index contributed by atoms with van der Waals surface area (Å²) >= 11 is 0. The number of amides is 1. The minimum absolute atomic E-state index is 0.125. The van der Waals surface area contributed by atoms with Gasteiger partial charge in [-0.15, -0.1) is 0 Å². The molecule has 1 fully saturated rings. The number of aromatic amines is 1. The van der Waals surface area contributed by atoms with E-state index in [1.165, 1.54) is 0 Å². The summed E-state index contributed by atoms with van der Waals surface area (Å²) in [6, 6.07) is 16.1. The van der Waals surface area contributed by atoms with E-state index in [0.717, 1.165) is 28.1 Å². The summed E-state index contributed by atoms with van der Waals surface area (Å²) in [4.78, 5) is 22.2. The van der Waals surface area contributed by atoms with Crippen LogP contribution in [0.2, 0.25) is 0 Å². The average molecular weight is 291 g/mol. The van der Waals surface area contributed by atoms with Crippen molar-refractivity contribution < 1.29 is 4.79 Å². The average Bonchev–Trinajstić information content (AvgIpc) is 3.10. The monoisotopic (exact) mass is 291 g/mol. The molecule has 1 aliphatic rings. The van der Waals surface area contributed by atoms with E-state index in [1.54, 1.807) is 0 Å². The Labute approximate surface area is 128 Å². The van der Waals surface area contributed by atoms with Crippen molar-refractivity contribution in [3.05, 3.63) is 59.9 Å². The lowest BCUT2D eigenvalue weighted by molar-refractivity contribution is -0.117. The smallest absolute Gasteiger partial charge is 0.227 e. The van der Waals surface area contributed by atoms with E-state index in [-0.39, 0.29) is 11.8 Å². The molecule has 3 aromatic rings. The molecule has 1 atom stereocenters. The summed E-state index contributed by atoms with van der Waals surface area (Å²) in [5.74, 6) is 1.20. The van der Waals surface area contributed by atoms with Crippen LogP contribution in [0.3, 0.4) is 0 Å². The Bertz CT molecular complexity index is 819. The number of para-hydroxylation sites is 2. The van der Waals surface area contributed by atoms with E-state index in [9.17, 15) is 4.79 Å². The lowest BCUT2D eigenvalue weighted by Gasteiger charge is -2.16. The highest BCUT2D eigenvalue weighted by Gasteiger charge is 2.33. The molecule has 2 aromatic carbocycles. The van der Waals surface area contributed by atoms with Crippen molar-refractivity contribution in [1.82, 2.24) is 9.97 Å². The molecule has 1 aromatic heterocycles. The molecule has 110 valence electrons. The second-order valence-electron chi connectivity index (χ2n) is 5.88. The number of benzene rings is 2. The molecule has 0 aliphatic carbocycles. The molecule has 1 aliphatic heterocycles. The van der Waals surface area contributed by atoms with E-state index in [1.807, 2.05) is 54.3 Å². The van der Waals surface area contributed by atoms with E-state index < -0.39 is 0 Å². The van der Waals surface area contributed by atoms with E-state index in [0.29, 0.717) is 13.0 Å². The quantitative estimate of drug-likeness (QED) is 0.786. The number of imidazole rings is 1. The first-order valence-corrected chi connectivity index (χ1v) is 7.52. The van der Waals surface area contributed by atoms with Crippen LogP contribution in [-0.2, 0) is 4.79 Å². The van der Waals surface area contributed by atoms with Gasteiger partial charge < -0.3 is 9.88 Å². The molecular weight excluding hydrogens is 274 g/mol. The fraction of sp³-hybridized carbons (Fsp3) is 0.222. The number of rotatable bonds is 2. The number of anilines is 1. The van der Waals surface area contributed by atoms with Crippen molar-refractivity contribution in [2.75, 3.05) is 11.4 Å². The van der Waals surface area contributed by atoms with Crippen molar-refractivity contribution in [3.63, 3.8) is 0 Å². The van der Waals surface area contributed by atoms with Gasteiger partial charge in [0.05, 0.1) is 11.0 Å². The molecule has 1 amide bonds. The maximum atomic E-state index is 12.4. The second-order valence-corrected chi connectivity index (χ2v) is 5.88. The molecule has 2 heterocycles. The number of hydrogen-bond acceptors (Lipinski definition) is 2. The van der Waals surface area contributed by atoms with Gasteiger partial charge in [0.2, 0.25) is 5.91 Å². The number of carbonyl (C=O) groups is 1. The number of H-pyrrole nitrogens is 1. The van der Waals surface area contributed by atoms with Gasteiger partial charge in [-0.2, -0.15) is 0 Å². The minimum atomic E-state index is 0.125. The van der Waals surface area contributed by atoms with E-state index in [4.69, 9.17) is 0 Å². The number of aromatic nitrogens is 2. The van der Waals surface area contributed by atoms with Gasteiger partial charge in [-0.05, 0) is 36.8 Å². The molecule has 0 saturated carbocycles. The molecule has 1 N–H and O–H groups in total. The fourth-order valence-electron chi connectivity index (χ4n) is 3.10. The van der Waals surface area contributed by atoms with Crippen LogP contribution in [0.25, 0.3) is 11.0 Å². The molecule has 22 heavy (non-hydrogen) atoms. The van der Waals surface area contributed by atoms with Crippen molar-refractivity contribution in [1.29, 1.82) is 0 Å². The maximum Gasteiger partial charge on any atom is 0.227 e. The highest BCUT2D eigenvalue weighted by molar-refractivity contribution is 5.96. The highest BCUT2D eigenvalue weighted by atomic mass is 16.2. The zero-order chi connectivity index (χ0) is 15.1. The Hall–Kier alpha value is -2.62. The first-order valence-electron chi connectivity index (χ1n) is 7.52. The molecule has 0 radical (unpaired) electrons. The van der Waals surface area contributed by atoms with Crippen LogP contribution in [0.1, 0.15) is 23.7 Å². The normalized spacial score (nSPS) is 18.3. The van der Waals surface area contributed by atoms with Gasteiger partial charge in [-0.25, -0.2) is 4.98 Å². The number of hydrogen-bond donors (Lipinski definition) is 1. The van der Waals surface area contributed by atoms with Gasteiger partial charge in [0.15, 0.2) is 0 Å². The predicted octanol–water partition coefficient (Wildman–Crippen LogP) is 3.39. The summed E-state index contributed by atoms with van der Waals surface area (Å²) in [5.41, 5.74) is 4.12. The standard InChI is InChI=1S/C18H17N3O/c1-12-5-4-6-14(9-12)21-11-13(10-17(21)22)18-19-15-7-2-3-8-16(15)20-18/h2-9,13H,10-11H2,1H3,(H,19,20)/t13-/m1/s1. The van der Waals surface area contributed by atoms with Crippen molar-refractivity contribution in [2.45, 2.75) is 19.3 Å². The third-order valence-corrected chi connectivity index (χ3v) is 4.23. The number of nitrogens with zero attached hydrogens (tertiary/aromatic N) is 2. The topological polar surface area (TPSA) is 49.0 Å². The molecule has 4 rings (SSSR count). The van der Waals surface area contributed by atoms with Gasteiger partial charge >= 0.3 is 0 Å². The molecule has 4 heteroatoms. The van der Waals surface area contributed by atoms with Crippen molar-refractivity contribution in [2.24, 2.45) is 0 Å². The largest absolute Gasteiger partial charge is 0.342 e. The zero-order valence-electron chi connectivity index (χ0n) is 12.4. The third kappa shape index (κ3) is 2.17. The fourth-order valence-corrected chi connectivity index (χ4v) is 3.10. The van der Waals surface area contributed by atoms with Crippen LogP contribution in [0.4, 0.5) is 5.69 Å². The molecule has 1 saturated heterocycles. The molecular formula is C18H17N3O. The van der Waals surface area contributed by atoms with Gasteiger partial charge in [0, 0.05) is 24.6 Å². The number of nitrogens with one attached hydrogen (secondary N) is 1. The van der Waals surface area contributed by atoms with Gasteiger partial charge in [0.1, 0.15) is 5.82 Å². The Morgan fingerprint density at radius 1 is 1.18 bits per heavy atom. The van der Waals surface area contributed by atoms with Crippen molar-refractivity contribution >= 4 is 22.6 Å². The molecule has 0 unspecified atom stereocenters. The lowest BCUT2D eigenvalue weighted by Crippen LogP contribution is -2.24. The van der Waals surface area contributed by atoms with E-state index >= 15 is 0 Å². The summed E-state index contributed by atoms with van der Waals surface area (Å²) in [6.07, 6.45) is 0.508. The van der Waals surface area contributed by atoms with Crippen LogP contribution >= 0.6 is 0 Å². The predicted molar refractivity (Wildman–Crippen MR) is 87.0 cm³/mol. The summed E-state index contributed by atoms with van der Waals surface area (Å²) in [5, 5.41) is 0. The van der Waals surface area contributed by atoms with Gasteiger partial charge in [0.25, 0.3) is 0 Å². The lowest BCUT2D eigenvalue weighted by atomic mass is 10.1. The molecule has 0 bridgehead atoms. The van der Waals surface area contributed by atoms with E-state index in [2.05, 4.69) is 16.0 Å². The van der Waals surface area contributed by atoms with Crippen LogP contribution in [0.5, 0.6) is 0 Å². The summed E-state index contributed by atoms with van der Waals surface area (Å²) < 4.78 is 0. The Morgan fingerprint density at radius 3 is 2.86 bits per heavy atom. The van der Waals surface area contributed by atoms with Gasteiger partial charge in [-0.1, -0.05) is 24.3 Å². The number of fused-ring (bicyclic) bond motifs is 1. The Morgan fingerprint density at radius 2 is 2.05 bits per heavy atom. The first-order chi connectivity index (χ1) is 10.7. The second kappa shape index (κ2) is 4.98. The zero-order valence-corrected chi connectivity index (χ0v) is 12.4. The minimum Gasteiger partial charge on any atom is -0.342 e.